The average molecular weight is 377 g/mol. The maximum absolute atomic E-state index is 12.9. The van der Waals surface area contributed by atoms with Crippen LogP contribution in [0.4, 0.5) is 11.4 Å². The maximum atomic E-state index is 12.9. The Morgan fingerprint density at radius 3 is 2.81 bits per heavy atom. The number of aryl methyl sites for hydroxylation is 2. The van der Waals surface area contributed by atoms with Gasteiger partial charge in [0.1, 0.15) is 10.6 Å². The minimum Gasteiger partial charge on any atom is -0.461 e. The van der Waals surface area contributed by atoms with Gasteiger partial charge in [0.2, 0.25) is 0 Å². The van der Waals surface area contributed by atoms with Gasteiger partial charge < -0.3 is 15.0 Å². The van der Waals surface area contributed by atoms with Gasteiger partial charge in [0.15, 0.2) is 0 Å². The first kappa shape index (κ1) is 18.3. The first-order valence-electron chi connectivity index (χ1n) is 8.59. The van der Waals surface area contributed by atoms with E-state index in [4.69, 9.17) is 4.74 Å². The minimum atomic E-state index is -3.84. The van der Waals surface area contributed by atoms with Crippen molar-refractivity contribution in [2.75, 3.05) is 23.2 Å². The van der Waals surface area contributed by atoms with Crippen LogP contribution in [0, 0.1) is 13.8 Å². The molecule has 0 saturated heterocycles. The van der Waals surface area contributed by atoms with Gasteiger partial charge in [-0.25, -0.2) is 13.2 Å². The Morgan fingerprint density at radius 1 is 1.31 bits per heavy atom. The summed E-state index contributed by atoms with van der Waals surface area (Å²) in [5.41, 5.74) is 3.55. The topological polar surface area (TPSA) is 100 Å². The number of aromatic amines is 1. The summed E-state index contributed by atoms with van der Waals surface area (Å²) in [4.78, 5) is 14.9. The monoisotopic (exact) mass is 377 g/mol. The number of nitrogens with one attached hydrogen (secondary N) is 3. The molecule has 1 aromatic heterocycles. The van der Waals surface area contributed by atoms with Crippen molar-refractivity contribution < 1.29 is 17.9 Å². The van der Waals surface area contributed by atoms with Gasteiger partial charge in [-0.2, -0.15) is 0 Å². The lowest BCUT2D eigenvalue weighted by molar-refractivity contribution is 0.0519. The van der Waals surface area contributed by atoms with E-state index in [1.807, 2.05) is 12.1 Å². The number of ether oxygens (including phenoxy) is 1. The molecule has 3 N–H and O–H groups in total. The largest absolute Gasteiger partial charge is 0.461 e. The summed E-state index contributed by atoms with van der Waals surface area (Å²) in [5.74, 6) is -0.561. The Balaban J connectivity index is 1.92. The van der Waals surface area contributed by atoms with Gasteiger partial charge in [0.25, 0.3) is 10.0 Å². The van der Waals surface area contributed by atoms with Crippen LogP contribution in [-0.2, 0) is 21.2 Å². The molecular formula is C18H23N3O4S. The van der Waals surface area contributed by atoms with Crippen molar-refractivity contribution in [2.45, 2.75) is 38.5 Å². The van der Waals surface area contributed by atoms with Crippen molar-refractivity contribution in [3.05, 3.63) is 40.7 Å². The van der Waals surface area contributed by atoms with Crippen molar-refractivity contribution in [1.29, 1.82) is 0 Å². The highest BCUT2D eigenvalue weighted by atomic mass is 32.2. The molecule has 0 amide bonds. The maximum Gasteiger partial charge on any atom is 0.355 e. The fourth-order valence-electron chi connectivity index (χ4n) is 3.29. The van der Waals surface area contributed by atoms with Crippen molar-refractivity contribution >= 4 is 27.4 Å². The molecule has 2 heterocycles. The molecule has 0 spiro atoms. The van der Waals surface area contributed by atoms with Gasteiger partial charge in [0.05, 0.1) is 6.61 Å². The molecule has 1 aromatic carbocycles. The molecule has 0 aliphatic carbocycles. The zero-order chi connectivity index (χ0) is 18.9. The summed E-state index contributed by atoms with van der Waals surface area (Å²) in [6.45, 7) is 6.08. The highest BCUT2D eigenvalue weighted by Crippen LogP contribution is 2.29. The number of hydrogen-bond donors (Lipinski definition) is 3. The van der Waals surface area contributed by atoms with Gasteiger partial charge in [-0.1, -0.05) is 0 Å². The SMILES string of the molecule is CCOC(=O)c1[nH]c(C)c(S(=O)(=O)Nc2ccc3c(c2)CCCN3)c1C. The van der Waals surface area contributed by atoms with Crippen LogP contribution in [0.1, 0.15) is 40.7 Å². The predicted octanol–water partition coefficient (Wildman–Crippen LogP) is 2.97. The molecule has 0 fully saturated rings. The van der Waals surface area contributed by atoms with Crippen molar-refractivity contribution in [2.24, 2.45) is 0 Å². The van der Waals surface area contributed by atoms with E-state index in [1.54, 1.807) is 26.8 Å². The Kier molecular flexibility index (Phi) is 4.95. The Labute approximate surface area is 153 Å². The summed E-state index contributed by atoms with van der Waals surface area (Å²) in [6, 6.07) is 5.47. The normalized spacial score (nSPS) is 13.7. The van der Waals surface area contributed by atoms with Crippen LogP contribution in [0.25, 0.3) is 0 Å². The second-order valence-electron chi connectivity index (χ2n) is 6.31. The highest BCUT2D eigenvalue weighted by molar-refractivity contribution is 7.92. The fraction of sp³-hybridized carbons (Fsp3) is 0.389. The standard InChI is InChI=1S/C18H23N3O4S/c1-4-25-18(22)16-11(2)17(12(3)20-16)26(23,24)21-14-7-8-15-13(10-14)6-5-9-19-15/h7-8,10,19-21H,4-6,9H2,1-3H3. The molecule has 0 radical (unpaired) electrons. The van der Waals surface area contributed by atoms with E-state index in [0.717, 1.165) is 30.6 Å². The van der Waals surface area contributed by atoms with Gasteiger partial charge in [-0.15, -0.1) is 0 Å². The third kappa shape index (κ3) is 3.41. The number of hydrogen-bond acceptors (Lipinski definition) is 5. The number of fused-ring (bicyclic) bond motifs is 1. The number of rotatable bonds is 5. The molecule has 1 aliphatic heterocycles. The summed E-state index contributed by atoms with van der Waals surface area (Å²) in [5, 5.41) is 3.30. The number of esters is 1. The van der Waals surface area contributed by atoms with E-state index in [-0.39, 0.29) is 17.2 Å². The van der Waals surface area contributed by atoms with Gasteiger partial charge in [0, 0.05) is 29.2 Å². The molecule has 8 heteroatoms. The summed E-state index contributed by atoms with van der Waals surface area (Å²) < 4.78 is 33.4. The van der Waals surface area contributed by atoms with E-state index < -0.39 is 16.0 Å². The zero-order valence-electron chi connectivity index (χ0n) is 15.1. The quantitative estimate of drug-likeness (QED) is 0.696. The molecule has 7 nitrogen and oxygen atoms in total. The van der Waals surface area contributed by atoms with Crippen molar-refractivity contribution in [3.8, 4) is 0 Å². The molecule has 0 bridgehead atoms. The van der Waals surface area contributed by atoms with Crippen molar-refractivity contribution in [3.63, 3.8) is 0 Å². The molecule has 140 valence electrons. The van der Waals surface area contributed by atoms with E-state index in [1.165, 1.54) is 0 Å². The van der Waals surface area contributed by atoms with Crippen LogP contribution < -0.4 is 10.0 Å². The highest BCUT2D eigenvalue weighted by Gasteiger charge is 2.27. The average Bonchev–Trinajstić information content (AvgIpc) is 2.90. The number of H-pyrrole nitrogens is 1. The number of anilines is 2. The van der Waals surface area contributed by atoms with Gasteiger partial charge >= 0.3 is 5.97 Å². The zero-order valence-corrected chi connectivity index (χ0v) is 15.9. The van der Waals surface area contributed by atoms with Crippen LogP contribution in [0.2, 0.25) is 0 Å². The molecule has 0 atom stereocenters. The molecule has 26 heavy (non-hydrogen) atoms. The Morgan fingerprint density at radius 2 is 2.08 bits per heavy atom. The number of carbonyl (C=O) groups excluding carboxylic acids is 1. The molecule has 1 aliphatic rings. The molecular weight excluding hydrogens is 354 g/mol. The fourth-order valence-corrected chi connectivity index (χ4v) is 4.79. The lowest BCUT2D eigenvalue weighted by atomic mass is 10.0. The van der Waals surface area contributed by atoms with Crippen LogP contribution in [-0.4, -0.2) is 32.5 Å². The number of sulfonamides is 1. The summed E-state index contributed by atoms with van der Waals surface area (Å²) >= 11 is 0. The number of aromatic nitrogens is 1. The van der Waals surface area contributed by atoms with Crippen LogP contribution in [0.5, 0.6) is 0 Å². The molecule has 0 saturated carbocycles. The molecule has 3 rings (SSSR count). The van der Waals surface area contributed by atoms with Gasteiger partial charge in [-0.3, -0.25) is 4.72 Å². The third-order valence-corrected chi connectivity index (χ3v) is 6.07. The predicted molar refractivity (Wildman–Crippen MR) is 100 cm³/mol. The second-order valence-corrected chi connectivity index (χ2v) is 7.93. The van der Waals surface area contributed by atoms with E-state index in [9.17, 15) is 13.2 Å². The van der Waals surface area contributed by atoms with Crippen LogP contribution >= 0.6 is 0 Å². The summed E-state index contributed by atoms with van der Waals surface area (Å²) in [6.07, 6.45) is 1.93. The Hall–Kier alpha value is -2.48. The first-order valence-corrected chi connectivity index (χ1v) is 10.1. The van der Waals surface area contributed by atoms with Crippen LogP contribution in [0.15, 0.2) is 23.1 Å². The van der Waals surface area contributed by atoms with E-state index in [2.05, 4.69) is 15.0 Å². The number of benzene rings is 1. The van der Waals surface area contributed by atoms with E-state index in [0.29, 0.717) is 16.9 Å². The lowest BCUT2D eigenvalue weighted by Gasteiger charge is -2.19. The van der Waals surface area contributed by atoms with Crippen LogP contribution in [0.3, 0.4) is 0 Å². The smallest absolute Gasteiger partial charge is 0.355 e. The van der Waals surface area contributed by atoms with Gasteiger partial charge in [-0.05, 0) is 57.4 Å². The number of carbonyl (C=O) groups is 1. The molecule has 0 unspecified atom stereocenters. The molecule has 2 aromatic rings. The lowest BCUT2D eigenvalue weighted by Crippen LogP contribution is -2.16. The second kappa shape index (κ2) is 7.03. The Bertz CT molecular complexity index is 948. The summed E-state index contributed by atoms with van der Waals surface area (Å²) in [7, 11) is -3.84. The third-order valence-electron chi connectivity index (χ3n) is 4.41. The minimum absolute atomic E-state index is 0.0800. The van der Waals surface area contributed by atoms with E-state index >= 15 is 0 Å². The first-order chi connectivity index (χ1) is 12.3. The van der Waals surface area contributed by atoms with Crippen molar-refractivity contribution in [1.82, 2.24) is 4.98 Å².